The number of likely N-dealkylation sites (tertiary alicyclic amines) is 1. The average molecular weight is 182 g/mol. The molecule has 0 unspecified atom stereocenters. The molecule has 0 saturated carbocycles. The molecule has 0 N–H and O–H groups in total. The number of methoxy groups -OCH3 is 1. The summed E-state index contributed by atoms with van der Waals surface area (Å²) in [4.78, 5) is 12.8. The Morgan fingerprint density at radius 3 is 2.85 bits per heavy atom. The fourth-order valence-corrected chi connectivity index (χ4v) is 1.73. The van der Waals surface area contributed by atoms with Crippen LogP contribution >= 0.6 is 0 Å². The number of amides is 1. The quantitative estimate of drug-likeness (QED) is 0.570. The van der Waals surface area contributed by atoms with Crippen LogP contribution in [0.4, 0.5) is 4.79 Å². The molecule has 0 radical (unpaired) electrons. The Balaban J connectivity index is 2.74. The SMILES string of the molecule is COC(=O)N1[C@H](C#N)CCC[C@@H]1C. The Morgan fingerprint density at radius 2 is 2.31 bits per heavy atom. The summed E-state index contributed by atoms with van der Waals surface area (Å²) in [6.07, 6.45) is 2.33. The Labute approximate surface area is 78.1 Å². The highest BCUT2D eigenvalue weighted by molar-refractivity contribution is 5.68. The summed E-state index contributed by atoms with van der Waals surface area (Å²) in [5.74, 6) is 0. The first kappa shape index (κ1) is 9.85. The number of carbonyl (C=O) groups is 1. The van der Waals surface area contributed by atoms with E-state index in [1.165, 1.54) is 12.0 Å². The van der Waals surface area contributed by atoms with Crippen molar-refractivity contribution in [2.45, 2.75) is 38.3 Å². The molecule has 72 valence electrons. The van der Waals surface area contributed by atoms with Crippen LogP contribution in [0.2, 0.25) is 0 Å². The van der Waals surface area contributed by atoms with Crippen LogP contribution in [0.5, 0.6) is 0 Å². The van der Waals surface area contributed by atoms with Gasteiger partial charge in [-0.2, -0.15) is 5.26 Å². The van der Waals surface area contributed by atoms with Gasteiger partial charge in [0.2, 0.25) is 0 Å². The van der Waals surface area contributed by atoms with Gasteiger partial charge in [0.05, 0.1) is 13.2 Å². The smallest absolute Gasteiger partial charge is 0.410 e. The average Bonchev–Trinajstić information content (AvgIpc) is 2.16. The van der Waals surface area contributed by atoms with Crippen molar-refractivity contribution in [3.8, 4) is 6.07 Å². The predicted octanol–water partition coefficient (Wildman–Crippen LogP) is 1.52. The number of carbonyl (C=O) groups excluding carboxylic acids is 1. The molecular formula is C9H14N2O2. The zero-order valence-electron chi connectivity index (χ0n) is 7.99. The van der Waals surface area contributed by atoms with Crippen molar-refractivity contribution in [2.75, 3.05) is 7.11 Å². The van der Waals surface area contributed by atoms with Gasteiger partial charge in [0.15, 0.2) is 0 Å². The molecule has 1 aliphatic rings. The van der Waals surface area contributed by atoms with Gasteiger partial charge in [-0.1, -0.05) is 0 Å². The molecule has 4 nitrogen and oxygen atoms in total. The third-order valence-electron chi connectivity index (χ3n) is 2.44. The van der Waals surface area contributed by atoms with E-state index >= 15 is 0 Å². The van der Waals surface area contributed by atoms with Gasteiger partial charge in [0.1, 0.15) is 6.04 Å². The van der Waals surface area contributed by atoms with Crippen LogP contribution in [-0.2, 0) is 4.74 Å². The third kappa shape index (κ3) is 1.92. The second-order valence-corrected chi connectivity index (χ2v) is 3.30. The summed E-state index contributed by atoms with van der Waals surface area (Å²) < 4.78 is 4.63. The molecule has 0 spiro atoms. The highest BCUT2D eigenvalue weighted by atomic mass is 16.5. The van der Waals surface area contributed by atoms with Crippen LogP contribution in [0, 0.1) is 11.3 Å². The number of ether oxygens (including phenoxy) is 1. The number of nitrogens with zero attached hydrogens (tertiary/aromatic N) is 2. The minimum Gasteiger partial charge on any atom is -0.453 e. The zero-order chi connectivity index (χ0) is 9.84. The van der Waals surface area contributed by atoms with E-state index in [0.717, 1.165) is 19.3 Å². The van der Waals surface area contributed by atoms with E-state index in [2.05, 4.69) is 10.8 Å². The van der Waals surface area contributed by atoms with E-state index in [9.17, 15) is 4.79 Å². The highest BCUT2D eigenvalue weighted by Crippen LogP contribution is 2.22. The van der Waals surface area contributed by atoms with Gasteiger partial charge >= 0.3 is 6.09 Å². The van der Waals surface area contributed by atoms with E-state index in [0.29, 0.717) is 0 Å². The van der Waals surface area contributed by atoms with E-state index in [4.69, 9.17) is 5.26 Å². The number of nitriles is 1. The van der Waals surface area contributed by atoms with Gasteiger partial charge in [-0.05, 0) is 26.2 Å². The lowest BCUT2D eigenvalue weighted by Crippen LogP contribution is -2.48. The largest absolute Gasteiger partial charge is 0.453 e. The fraction of sp³-hybridized carbons (Fsp3) is 0.778. The Morgan fingerprint density at radius 1 is 1.62 bits per heavy atom. The van der Waals surface area contributed by atoms with E-state index < -0.39 is 6.09 Å². The zero-order valence-corrected chi connectivity index (χ0v) is 7.99. The molecule has 0 bridgehead atoms. The molecule has 0 aliphatic carbocycles. The maximum Gasteiger partial charge on any atom is 0.410 e. The van der Waals surface area contributed by atoms with Crippen LogP contribution in [0.1, 0.15) is 26.2 Å². The van der Waals surface area contributed by atoms with Crippen LogP contribution in [0.3, 0.4) is 0 Å². The summed E-state index contributed by atoms with van der Waals surface area (Å²) in [5, 5.41) is 8.82. The molecule has 4 heteroatoms. The second kappa shape index (κ2) is 4.13. The molecule has 1 fully saturated rings. The lowest BCUT2D eigenvalue weighted by atomic mass is 9.98. The number of hydrogen-bond acceptors (Lipinski definition) is 3. The first-order valence-electron chi connectivity index (χ1n) is 4.46. The standard InChI is InChI=1S/C9H14N2O2/c1-7-4-3-5-8(6-10)11(7)9(12)13-2/h7-8H,3-5H2,1-2H3/t7-,8-/m0/s1. The lowest BCUT2D eigenvalue weighted by Gasteiger charge is -2.35. The van der Waals surface area contributed by atoms with E-state index in [-0.39, 0.29) is 12.1 Å². The van der Waals surface area contributed by atoms with Gasteiger partial charge in [-0.3, -0.25) is 4.90 Å². The lowest BCUT2D eigenvalue weighted by molar-refractivity contribution is 0.0788. The van der Waals surface area contributed by atoms with Gasteiger partial charge in [-0.25, -0.2) is 4.79 Å². The summed E-state index contributed by atoms with van der Waals surface area (Å²) in [7, 11) is 1.35. The van der Waals surface area contributed by atoms with Crippen molar-refractivity contribution in [2.24, 2.45) is 0 Å². The van der Waals surface area contributed by atoms with Crippen molar-refractivity contribution in [3.05, 3.63) is 0 Å². The molecule has 0 aromatic heterocycles. The molecule has 2 atom stereocenters. The van der Waals surface area contributed by atoms with Gasteiger partial charge in [0.25, 0.3) is 0 Å². The number of piperidine rings is 1. The summed E-state index contributed by atoms with van der Waals surface area (Å²) in [6, 6.07) is 1.93. The topological polar surface area (TPSA) is 53.3 Å². The maximum atomic E-state index is 11.3. The molecule has 1 heterocycles. The van der Waals surface area contributed by atoms with Crippen molar-refractivity contribution in [3.63, 3.8) is 0 Å². The molecule has 1 aliphatic heterocycles. The second-order valence-electron chi connectivity index (χ2n) is 3.30. The van der Waals surface area contributed by atoms with Gasteiger partial charge in [0, 0.05) is 6.04 Å². The number of hydrogen-bond donors (Lipinski definition) is 0. The molecule has 1 saturated heterocycles. The summed E-state index contributed by atoms with van der Waals surface area (Å²) in [5.41, 5.74) is 0. The number of rotatable bonds is 0. The summed E-state index contributed by atoms with van der Waals surface area (Å²) >= 11 is 0. The van der Waals surface area contributed by atoms with Crippen LogP contribution in [-0.4, -0.2) is 30.2 Å². The third-order valence-corrected chi connectivity index (χ3v) is 2.44. The minimum absolute atomic E-state index is 0.117. The van der Waals surface area contributed by atoms with Crippen molar-refractivity contribution in [1.82, 2.24) is 4.90 Å². The van der Waals surface area contributed by atoms with Gasteiger partial charge in [-0.15, -0.1) is 0 Å². The van der Waals surface area contributed by atoms with Crippen LogP contribution in [0.25, 0.3) is 0 Å². The van der Waals surface area contributed by atoms with Crippen LogP contribution in [0.15, 0.2) is 0 Å². The molecule has 1 rings (SSSR count). The first-order chi connectivity index (χ1) is 6.20. The predicted molar refractivity (Wildman–Crippen MR) is 47.0 cm³/mol. The van der Waals surface area contributed by atoms with Crippen molar-refractivity contribution >= 4 is 6.09 Å². The molecule has 0 aromatic carbocycles. The minimum atomic E-state index is -0.390. The van der Waals surface area contributed by atoms with Crippen molar-refractivity contribution < 1.29 is 9.53 Å². The molecule has 0 aromatic rings. The monoisotopic (exact) mass is 182 g/mol. The first-order valence-corrected chi connectivity index (χ1v) is 4.46. The van der Waals surface area contributed by atoms with E-state index in [1.807, 2.05) is 6.92 Å². The Kier molecular flexibility index (Phi) is 3.13. The molecular weight excluding hydrogens is 168 g/mol. The Bertz CT molecular complexity index is 234. The highest BCUT2D eigenvalue weighted by Gasteiger charge is 2.32. The van der Waals surface area contributed by atoms with Crippen LogP contribution < -0.4 is 0 Å². The maximum absolute atomic E-state index is 11.3. The molecule has 1 amide bonds. The van der Waals surface area contributed by atoms with E-state index in [1.54, 1.807) is 0 Å². The Hall–Kier alpha value is -1.24. The van der Waals surface area contributed by atoms with Gasteiger partial charge < -0.3 is 4.74 Å². The fourth-order valence-electron chi connectivity index (χ4n) is 1.73. The summed E-state index contributed by atoms with van der Waals surface area (Å²) in [6.45, 7) is 1.94. The van der Waals surface area contributed by atoms with Crippen molar-refractivity contribution in [1.29, 1.82) is 5.26 Å². The molecule has 13 heavy (non-hydrogen) atoms. The normalized spacial score (nSPS) is 27.9.